The highest BCUT2D eigenvalue weighted by Gasteiger charge is 2.36. The maximum atomic E-state index is 12.1. The Kier molecular flexibility index (Phi) is 1.99. The Morgan fingerprint density at radius 1 is 1.50 bits per heavy atom. The van der Waals surface area contributed by atoms with Crippen molar-refractivity contribution in [2.75, 3.05) is 5.73 Å². The van der Waals surface area contributed by atoms with Crippen LogP contribution in [0.25, 0.3) is 0 Å². The molecule has 12 heavy (non-hydrogen) atoms. The summed E-state index contributed by atoms with van der Waals surface area (Å²) in [6.45, 7) is 1.60. The largest absolute Gasteiger partial charge is 0.435 e. The number of hydrogen-bond donors (Lipinski definition) is 2. The van der Waals surface area contributed by atoms with Crippen LogP contribution in [0.5, 0.6) is 0 Å². The fourth-order valence-corrected chi connectivity index (χ4v) is 0.920. The Morgan fingerprint density at radius 3 is 2.42 bits per heavy atom. The van der Waals surface area contributed by atoms with E-state index >= 15 is 0 Å². The molecule has 0 bridgehead atoms. The Labute approximate surface area is 66.8 Å². The number of alkyl halides is 3. The number of anilines is 1. The van der Waals surface area contributed by atoms with Gasteiger partial charge in [0.05, 0.1) is 0 Å². The van der Waals surface area contributed by atoms with Crippen molar-refractivity contribution in [1.29, 1.82) is 0 Å². The molecule has 0 spiro atoms. The zero-order chi connectivity index (χ0) is 9.35. The number of H-pyrrole nitrogens is 1. The number of aromatic amines is 1. The summed E-state index contributed by atoms with van der Waals surface area (Å²) in [5.41, 5.74) is 4.20. The van der Waals surface area contributed by atoms with Gasteiger partial charge in [0.2, 0.25) is 0 Å². The number of nitrogens with two attached hydrogens (primary N) is 1. The standard InChI is InChI=1S/C6H8F3N3/c1-2-3-4(6(7,8)9)12-5(10)11-3/h2H2,1H3,(H3,10,11,12). The number of nitrogens with zero attached hydrogens (tertiary/aromatic N) is 1. The quantitative estimate of drug-likeness (QED) is 0.687. The number of nitrogen functional groups attached to an aromatic ring is 1. The number of nitrogens with one attached hydrogen (secondary N) is 1. The second-order valence-corrected chi connectivity index (χ2v) is 2.30. The lowest BCUT2D eigenvalue weighted by molar-refractivity contribution is -0.141. The number of imidazole rings is 1. The molecule has 0 aliphatic heterocycles. The monoisotopic (exact) mass is 179 g/mol. The summed E-state index contributed by atoms with van der Waals surface area (Å²) in [5, 5.41) is 0. The third kappa shape index (κ3) is 1.51. The highest BCUT2D eigenvalue weighted by Crippen LogP contribution is 2.30. The first kappa shape index (κ1) is 8.89. The lowest BCUT2D eigenvalue weighted by Gasteiger charge is -2.03. The molecule has 0 saturated carbocycles. The predicted molar refractivity (Wildman–Crippen MR) is 37.4 cm³/mol. The number of halogens is 3. The average molecular weight is 179 g/mol. The molecule has 0 unspecified atom stereocenters. The minimum Gasteiger partial charge on any atom is -0.369 e. The molecule has 6 heteroatoms. The van der Waals surface area contributed by atoms with Crippen molar-refractivity contribution in [1.82, 2.24) is 9.97 Å². The van der Waals surface area contributed by atoms with Crippen molar-refractivity contribution in [3.8, 4) is 0 Å². The summed E-state index contributed by atoms with van der Waals surface area (Å²) >= 11 is 0. The van der Waals surface area contributed by atoms with Crippen LogP contribution in [-0.4, -0.2) is 9.97 Å². The molecule has 3 nitrogen and oxygen atoms in total. The molecule has 1 heterocycles. The number of aryl methyl sites for hydroxylation is 1. The van der Waals surface area contributed by atoms with E-state index in [0.717, 1.165) is 0 Å². The van der Waals surface area contributed by atoms with E-state index in [2.05, 4.69) is 9.97 Å². The second kappa shape index (κ2) is 2.69. The minimum absolute atomic E-state index is 0.0278. The second-order valence-electron chi connectivity index (χ2n) is 2.30. The highest BCUT2D eigenvalue weighted by molar-refractivity contribution is 5.27. The van der Waals surface area contributed by atoms with Crippen LogP contribution in [0.3, 0.4) is 0 Å². The highest BCUT2D eigenvalue weighted by atomic mass is 19.4. The van der Waals surface area contributed by atoms with E-state index in [0.29, 0.717) is 0 Å². The Balaban J connectivity index is 3.13. The molecule has 0 aliphatic carbocycles. The summed E-state index contributed by atoms with van der Waals surface area (Å²) in [5.74, 6) is -0.195. The fraction of sp³-hybridized carbons (Fsp3) is 0.500. The zero-order valence-corrected chi connectivity index (χ0v) is 6.37. The third-order valence-corrected chi connectivity index (χ3v) is 1.42. The van der Waals surface area contributed by atoms with Crippen LogP contribution in [0, 0.1) is 0 Å². The predicted octanol–water partition coefficient (Wildman–Crippen LogP) is 1.57. The molecule has 1 rings (SSSR count). The summed E-state index contributed by atoms with van der Waals surface area (Å²) < 4.78 is 36.3. The van der Waals surface area contributed by atoms with E-state index in [1.165, 1.54) is 0 Å². The van der Waals surface area contributed by atoms with Crippen molar-refractivity contribution < 1.29 is 13.2 Å². The van der Waals surface area contributed by atoms with Crippen LogP contribution in [0.15, 0.2) is 0 Å². The Bertz CT molecular complexity index is 276. The lowest BCUT2D eigenvalue weighted by atomic mass is 10.2. The van der Waals surface area contributed by atoms with Gasteiger partial charge in [-0.25, -0.2) is 4.98 Å². The van der Waals surface area contributed by atoms with Gasteiger partial charge in [-0.05, 0) is 6.42 Å². The van der Waals surface area contributed by atoms with Gasteiger partial charge < -0.3 is 10.7 Å². The van der Waals surface area contributed by atoms with Crippen molar-refractivity contribution >= 4 is 5.95 Å². The van der Waals surface area contributed by atoms with E-state index in [-0.39, 0.29) is 18.1 Å². The van der Waals surface area contributed by atoms with Crippen molar-refractivity contribution in [3.63, 3.8) is 0 Å². The van der Waals surface area contributed by atoms with Gasteiger partial charge in [0.1, 0.15) is 0 Å². The van der Waals surface area contributed by atoms with Gasteiger partial charge >= 0.3 is 6.18 Å². The van der Waals surface area contributed by atoms with Gasteiger partial charge in [-0.3, -0.25) is 0 Å². The minimum atomic E-state index is -4.42. The first-order chi connectivity index (χ1) is 5.45. The average Bonchev–Trinajstić information content (AvgIpc) is 2.29. The topological polar surface area (TPSA) is 54.7 Å². The smallest absolute Gasteiger partial charge is 0.369 e. The van der Waals surface area contributed by atoms with Crippen LogP contribution in [-0.2, 0) is 12.6 Å². The normalized spacial score (nSPS) is 12.0. The first-order valence-corrected chi connectivity index (χ1v) is 3.36. The molecular formula is C6H8F3N3. The molecule has 0 aromatic carbocycles. The molecular weight excluding hydrogens is 171 g/mol. The number of rotatable bonds is 1. The molecule has 0 amide bonds. The van der Waals surface area contributed by atoms with Crippen molar-refractivity contribution in [3.05, 3.63) is 11.4 Å². The summed E-state index contributed by atoms with van der Waals surface area (Å²) in [4.78, 5) is 5.50. The first-order valence-electron chi connectivity index (χ1n) is 3.36. The number of hydrogen-bond acceptors (Lipinski definition) is 2. The summed E-state index contributed by atoms with van der Waals surface area (Å²) in [7, 11) is 0. The molecule has 0 fully saturated rings. The van der Waals surface area contributed by atoms with Gasteiger partial charge in [-0.2, -0.15) is 13.2 Å². The fourth-order valence-electron chi connectivity index (χ4n) is 0.920. The van der Waals surface area contributed by atoms with Gasteiger partial charge in [-0.15, -0.1) is 0 Å². The zero-order valence-electron chi connectivity index (χ0n) is 6.37. The van der Waals surface area contributed by atoms with Crippen molar-refractivity contribution in [2.24, 2.45) is 0 Å². The van der Waals surface area contributed by atoms with Crippen LogP contribution < -0.4 is 5.73 Å². The summed E-state index contributed by atoms with van der Waals surface area (Å²) in [6.07, 6.45) is -4.18. The Morgan fingerprint density at radius 2 is 2.08 bits per heavy atom. The molecule has 0 atom stereocenters. The maximum absolute atomic E-state index is 12.1. The van der Waals surface area contributed by atoms with Crippen LogP contribution in [0.4, 0.5) is 19.1 Å². The van der Waals surface area contributed by atoms with Crippen LogP contribution in [0.2, 0.25) is 0 Å². The van der Waals surface area contributed by atoms with Crippen LogP contribution in [0.1, 0.15) is 18.3 Å². The molecule has 0 aliphatic rings. The molecule has 0 radical (unpaired) electrons. The van der Waals surface area contributed by atoms with E-state index in [9.17, 15) is 13.2 Å². The van der Waals surface area contributed by atoms with Gasteiger partial charge in [0, 0.05) is 5.69 Å². The SMILES string of the molecule is CCc1[nH]c(N)nc1C(F)(F)F. The van der Waals surface area contributed by atoms with E-state index < -0.39 is 11.9 Å². The van der Waals surface area contributed by atoms with E-state index in [1.54, 1.807) is 6.92 Å². The molecule has 1 aromatic heterocycles. The van der Waals surface area contributed by atoms with Gasteiger partial charge in [0.25, 0.3) is 0 Å². The Hall–Kier alpha value is -1.20. The van der Waals surface area contributed by atoms with Gasteiger partial charge in [0.15, 0.2) is 11.6 Å². The summed E-state index contributed by atoms with van der Waals surface area (Å²) in [6, 6.07) is 0. The van der Waals surface area contributed by atoms with E-state index in [1.807, 2.05) is 0 Å². The third-order valence-electron chi connectivity index (χ3n) is 1.42. The maximum Gasteiger partial charge on any atom is 0.435 e. The van der Waals surface area contributed by atoms with Crippen LogP contribution >= 0.6 is 0 Å². The van der Waals surface area contributed by atoms with E-state index in [4.69, 9.17) is 5.73 Å². The lowest BCUT2D eigenvalue weighted by Crippen LogP contribution is -2.08. The molecule has 68 valence electrons. The number of aromatic nitrogens is 2. The van der Waals surface area contributed by atoms with Gasteiger partial charge in [-0.1, -0.05) is 6.92 Å². The molecule has 3 N–H and O–H groups in total. The van der Waals surface area contributed by atoms with Crippen molar-refractivity contribution in [2.45, 2.75) is 19.5 Å². The molecule has 1 aromatic rings. The molecule has 0 saturated heterocycles.